The Morgan fingerprint density at radius 1 is 1.13 bits per heavy atom. The van der Waals surface area contributed by atoms with Gasteiger partial charge in [0.1, 0.15) is 11.3 Å². The number of nitrogens with zero attached hydrogens (tertiary/aromatic N) is 5. The smallest absolute Gasteiger partial charge is 0.320 e. The van der Waals surface area contributed by atoms with Crippen molar-refractivity contribution in [1.82, 2.24) is 30.0 Å². The van der Waals surface area contributed by atoms with Gasteiger partial charge in [-0.1, -0.05) is 24.3 Å². The summed E-state index contributed by atoms with van der Waals surface area (Å²) in [6.45, 7) is 0. The van der Waals surface area contributed by atoms with E-state index < -0.39 is 0 Å². The minimum atomic E-state index is -0.278. The Hall–Kier alpha value is -3.81. The second kappa shape index (κ2) is 7.55. The van der Waals surface area contributed by atoms with E-state index in [1.165, 1.54) is 11.1 Å². The Bertz CT molecular complexity index is 1230. The summed E-state index contributed by atoms with van der Waals surface area (Å²) in [6.07, 6.45) is 8.33. The van der Waals surface area contributed by atoms with Crippen molar-refractivity contribution >= 4 is 23.0 Å². The first kappa shape index (κ1) is 18.2. The van der Waals surface area contributed by atoms with Crippen LogP contribution >= 0.6 is 0 Å². The second-order valence-corrected chi connectivity index (χ2v) is 7.44. The van der Waals surface area contributed by atoms with E-state index in [2.05, 4.69) is 42.8 Å². The SMILES string of the molecule is Cn1cc(-c2cnc3ccc(NC(=O)NC4CCCc5ccccc54)nc3n2)cn1. The quantitative estimate of drug-likeness (QED) is 0.548. The number of fused-ring (bicyclic) bond motifs is 2. The summed E-state index contributed by atoms with van der Waals surface area (Å²) < 4.78 is 1.71. The van der Waals surface area contributed by atoms with Crippen molar-refractivity contribution in [1.29, 1.82) is 0 Å². The minimum Gasteiger partial charge on any atom is -0.331 e. The molecule has 0 saturated heterocycles. The Kier molecular flexibility index (Phi) is 4.59. The first-order valence-corrected chi connectivity index (χ1v) is 9.94. The highest BCUT2D eigenvalue weighted by Gasteiger charge is 2.21. The molecule has 0 aliphatic heterocycles. The fraction of sp³-hybridized carbons (Fsp3) is 0.227. The van der Waals surface area contributed by atoms with Crippen molar-refractivity contribution in [2.24, 2.45) is 7.05 Å². The summed E-state index contributed by atoms with van der Waals surface area (Å²) >= 11 is 0. The zero-order valence-corrected chi connectivity index (χ0v) is 16.5. The summed E-state index contributed by atoms with van der Waals surface area (Å²) in [5.41, 5.74) is 5.17. The van der Waals surface area contributed by atoms with E-state index in [4.69, 9.17) is 0 Å². The lowest BCUT2D eigenvalue weighted by molar-refractivity contribution is 0.247. The van der Waals surface area contributed by atoms with Crippen LogP contribution in [-0.4, -0.2) is 30.8 Å². The number of aromatic nitrogens is 5. The number of carbonyl (C=O) groups excluding carboxylic acids is 1. The first-order valence-electron chi connectivity index (χ1n) is 9.94. The summed E-state index contributed by atoms with van der Waals surface area (Å²) in [4.78, 5) is 26.1. The predicted octanol–water partition coefficient (Wildman–Crippen LogP) is 3.62. The van der Waals surface area contributed by atoms with Gasteiger partial charge in [0.15, 0.2) is 5.65 Å². The average molecular weight is 399 g/mol. The highest BCUT2D eigenvalue weighted by atomic mass is 16.2. The van der Waals surface area contributed by atoms with Crippen molar-refractivity contribution < 1.29 is 4.79 Å². The van der Waals surface area contributed by atoms with Crippen LogP contribution in [0.15, 0.2) is 55.0 Å². The van der Waals surface area contributed by atoms with Crippen molar-refractivity contribution in [3.63, 3.8) is 0 Å². The van der Waals surface area contributed by atoms with Gasteiger partial charge in [0, 0.05) is 18.8 Å². The molecule has 0 radical (unpaired) electrons. The van der Waals surface area contributed by atoms with Gasteiger partial charge in [-0.15, -0.1) is 0 Å². The van der Waals surface area contributed by atoms with Crippen LogP contribution in [0, 0.1) is 0 Å². The summed E-state index contributed by atoms with van der Waals surface area (Å²) in [7, 11) is 1.85. The van der Waals surface area contributed by atoms with Gasteiger partial charge in [0.25, 0.3) is 0 Å². The lowest BCUT2D eigenvalue weighted by Crippen LogP contribution is -2.34. The van der Waals surface area contributed by atoms with Crippen LogP contribution < -0.4 is 10.6 Å². The molecule has 1 unspecified atom stereocenters. The van der Waals surface area contributed by atoms with Crippen LogP contribution in [0.1, 0.15) is 30.0 Å². The second-order valence-electron chi connectivity index (χ2n) is 7.44. The molecule has 0 spiro atoms. The zero-order chi connectivity index (χ0) is 20.5. The normalized spacial score (nSPS) is 15.6. The molecule has 1 atom stereocenters. The van der Waals surface area contributed by atoms with Crippen LogP contribution in [0.5, 0.6) is 0 Å². The van der Waals surface area contributed by atoms with Gasteiger partial charge in [-0.2, -0.15) is 5.10 Å². The third-order valence-electron chi connectivity index (χ3n) is 5.32. The molecule has 1 aliphatic rings. The van der Waals surface area contributed by atoms with Crippen LogP contribution in [0.2, 0.25) is 0 Å². The van der Waals surface area contributed by atoms with Crippen molar-refractivity contribution in [3.8, 4) is 11.3 Å². The molecular formula is C22H21N7O. The number of rotatable bonds is 3. The molecule has 30 heavy (non-hydrogen) atoms. The Morgan fingerprint density at radius 2 is 2.03 bits per heavy atom. The van der Waals surface area contributed by atoms with Crippen molar-refractivity contribution in [3.05, 3.63) is 66.1 Å². The van der Waals surface area contributed by atoms with Gasteiger partial charge >= 0.3 is 6.03 Å². The van der Waals surface area contributed by atoms with Crippen LogP contribution in [0.4, 0.5) is 10.6 Å². The number of nitrogens with one attached hydrogen (secondary N) is 2. The summed E-state index contributed by atoms with van der Waals surface area (Å²) in [5, 5.41) is 10.1. The molecular weight excluding hydrogens is 378 g/mol. The molecule has 5 rings (SSSR count). The number of amides is 2. The topological polar surface area (TPSA) is 97.6 Å². The van der Waals surface area contributed by atoms with E-state index >= 15 is 0 Å². The van der Waals surface area contributed by atoms with E-state index in [0.29, 0.717) is 22.7 Å². The summed E-state index contributed by atoms with van der Waals surface area (Å²) in [5.74, 6) is 0.432. The standard InChI is InChI=1S/C22H21N7O/c1-29-13-15(11-24-29)19-12-23-18-9-10-20(27-21(18)25-19)28-22(30)26-17-8-4-6-14-5-2-3-7-16(14)17/h2-3,5,7,9-13,17H,4,6,8H2,1H3,(H2,25,26,27,28,30). The molecule has 0 bridgehead atoms. The van der Waals surface area contributed by atoms with E-state index in [1.807, 2.05) is 25.4 Å². The molecule has 3 heterocycles. The van der Waals surface area contributed by atoms with E-state index in [9.17, 15) is 4.79 Å². The maximum Gasteiger partial charge on any atom is 0.320 e. The minimum absolute atomic E-state index is 0.00683. The third-order valence-corrected chi connectivity index (χ3v) is 5.32. The highest BCUT2D eigenvalue weighted by Crippen LogP contribution is 2.29. The largest absolute Gasteiger partial charge is 0.331 e. The van der Waals surface area contributed by atoms with Crippen molar-refractivity contribution in [2.75, 3.05) is 5.32 Å². The number of anilines is 1. The molecule has 8 heteroatoms. The predicted molar refractivity (Wildman–Crippen MR) is 114 cm³/mol. The molecule has 0 fully saturated rings. The number of benzene rings is 1. The fourth-order valence-corrected chi connectivity index (χ4v) is 3.87. The lowest BCUT2D eigenvalue weighted by atomic mass is 9.88. The van der Waals surface area contributed by atoms with Crippen molar-refractivity contribution in [2.45, 2.75) is 25.3 Å². The Labute approximate surface area is 173 Å². The maximum atomic E-state index is 12.6. The number of urea groups is 1. The Morgan fingerprint density at radius 3 is 2.90 bits per heavy atom. The van der Waals surface area contributed by atoms with Crippen LogP contribution in [0.25, 0.3) is 22.4 Å². The molecule has 8 nitrogen and oxygen atoms in total. The molecule has 1 aromatic carbocycles. The summed E-state index contributed by atoms with van der Waals surface area (Å²) in [6, 6.07) is 11.5. The van der Waals surface area contributed by atoms with Gasteiger partial charge in [-0.25, -0.2) is 14.8 Å². The number of pyridine rings is 1. The van der Waals surface area contributed by atoms with E-state index in [1.54, 1.807) is 29.2 Å². The number of carbonyl (C=O) groups is 1. The molecule has 3 aromatic heterocycles. The van der Waals surface area contributed by atoms with Crippen LogP contribution in [-0.2, 0) is 13.5 Å². The highest BCUT2D eigenvalue weighted by molar-refractivity contribution is 5.89. The molecule has 150 valence electrons. The monoisotopic (exact) mass is 399 g/mol. The molecule has 0 saturated carbocycles. The zero-order valence-electron chi connectivity index (χ0n) is 16.5. The van der Waals surface area contributed by atoms with Gasteiger partial charge in [-0.05, 0) is 42.5 Å². The van der Waals surface area contributed by atoms with Gasteiger partial charge in [0.05, 0.1) is 24.1 Å². The molecule has 2 amide bonds. The number of hydrogen-bond acceptors (Lipinski definition) is 5. The number of aryl methyl sites for hydroxylation is 2. The number of hydrogen-bond donors (Lipinski definition) is 2. The van der Waals surface area contributed by atoms with Crippen LogP contribution in [0.3, 0.4) is 0 Å². The lowest BCUT2D eigenvalue weighted by Gasteiger charge is -2.26. The van der Waals surface area contributed by atoms with Gasteiger partial charge in [-0.3, -0.25) is 15.0 Å². The maximum absolute atomic E-state index is 12.6. The molecule has 2 N–H and O–H groups in total. The Balaban J connectivity index is 1.34. The first-order chi connectivity index (χ1) is 14.7. The van der Waals surface area contributed by atoms with Gasteiger partial charge < -0.3 is 5.32 Å². The third kappa shape index (κ3) is 3.59. The van der Waals surface area contributed by atoms with E-state index in [-0.39, 0.29) is 12.1 Å². The fourth-order valence-electron chi connectivity index (χ4n) is 3.87. The van der Waals surface area contributed by atoms with Gasteiger partial charge in [0.2, 0.25) is 0 Å². The molecule has 1 aliphatic carbocycles. The van der Waals surface area contributed by atoms with E-state index in [0.717, 1.165) is 24.8 Å². The molecule has 4 aromatic rings. The average Bonchev–Trinajstić information content (AvgIpc) is 3.20.